The molecule has 3 aromatic carbocycles. The largest absolute Gasteiger partial charge is 0.296 e. The molecule has 3 heterocycles. The summed E-state index contributed by atoms with van der Waals surface area (Å²) in [5.74, 6) is 0.233. The molecule has 0 aliphatic carbocycles. The Morgan fingerprint density at radius 2 is 1.24 bits per heavy atom. The van der Waals surface area contributed by atoms with E-state index in [2.05, 4.69) is 51.1 Å². The van der Waals surface area contributed by atoms with Gasteiger partial charge in [0.05, 0.1) is 16.1 Å². The number of benzene rings is 3. The second kappa shape index (κ2) is 17.0. The molecule has 0 radical (unpaired) electrons. The van der Waals surface area contributed by atoms with Gasteiger partial charge < -0.3 is 0 Å². The van der Waals surface area contributed by atoms with Gasteiger partial charge in [0, 0.05) is 30.2 Å². The van der Waals surface area contributed by atoms with Crippen molar-refractivity contribution in [2.24, 2.45) is 0 Å². The molecular weight excluding hydrogens is 644 g/mol. The first-order chi connectivity index (χ1) is 21.0. The molecule has 2 atom stereocenters. The van der Waals surface area contributed by atoms with Crippen LogP contribution in [0.15, 0.2) is 78.9 Å². The highest BCUT2D eigenvalue weighted by molar-refractivity contribution is 6.42. The summed E-state index contributed by atoms with van der Waals surface area (Å²) in [7, 11) is 0. The van der Waals surface area contributed by atoms with Crippen molar-refractivity contribution < 1.29 is 4.79 Å². The van der Waals surface area contributed by atoms with Crippen LogP contribution in [0.1, 0.15) is 85.3 Å². The van der Waals surface area contributed by atoms with Gasteiger partial charge in [-0.1, -0.05) is 103 Å². The Morgan fingerprint density at radius 3 is 1.84 bits per heavy atom. The van der Waals surface area contributed by atoms with Crippen molar-refractivity contribution in [3.63, 3.8) is 0 Å². The molecule has 2 unspecified atom stereocenters. The number of halogens is 4. The lowest BCUT2D eigenvalue weighted by molar-refractivity contribution is -0.0115. The average molecular weight is 692 g/mol. The SMILES string of the molecule is Cl.Cl.O=C(c1ccccc1)C(CC(c1ccc(Cl)c(Cl)c1)N1CCC(c2ccccc2)(N2CCCCC2)CC1)N1CCCCC1. The minimum atomic E-state index is -0.176. The fourth-order valence-electron chi connectivity index (χ4n) is 7.94. The van der Waals surface area contributed by atoms with Crippen LogP contribution >= 0.6 is 48.0 Å². The van der Waals surface area contributed by atoms with Crippen LogP contribution in [0.4, 0.5) is 0 Å². The van der Waals surface area contributed by atoms with Gasteiger partial charge in [-0.3, -0.25) is 19.5 Å². The maximum atomic E-state index is 14.2. The number of hydrogen-bond donors (Lipinski definition) is 0. The van der Waals surface area contributed by atoms with Crippen LogP contribution in [0.2, 0.25) is 10.0 Å². The zero-order chi connectivity index (χ0) is 29.6. The van der Waals surface area contributed by atoms with E-state index in [1.54, 1.807) is 0 Å². The fraction of sp³-hybridized carbons (Fsp3) is 0.486. The maximum Gasteiger partial charge on any atom is 0.180 e. The Kier molecular flexibility index (Phi) is 13.7. The van der Waals surface area contributed by atoms with E-state index >= 15 is 0 Å². The molecule has 0 aromatic heterocycles. The predicted octanol–water partition coefficient (Wildman–Crippen LogP) is 9.48. The van der Waals surface area contributed by atoms with E-state index in [0.29, 0.717) is 10.0 Å². The van der Waals surface area contributed by atoms with Gasteiger partial charge in [0.1, 0.15) is 0 Å². The molecular formula is C37H47Cl4N3O. The summed E-state index contributed by atoms with van der Waals surface area (Å²) in [6.07, 6.45) is 10.3. The molecule has 3 aliphatic heterocycles. The van der Waals surface area contributed by atoms with Crippen molar-refractivity contribution >= 4 is 53.8 Å². The molecule has 45 heavy (non-hydrogen) atoms. The van der Waals surface area contributed by atoms with Gasteiger partial charge in [-0.15, -0.1) is 24.8 Å². The van der Waals surface area contributed by atoms with Crippen molar-refractivity contribution in [2.75, 3.05) is 39.3 Å². The fourth-order valence-corrected chi connectivity index (χ4v) is 8.24. The van der Waals surface area contributed by atoms with E-state index in [-0.39, 0.29) is 48.2 Å². The van der Waals surface area contributed by atoms with Crippen molar-refractivity contribution in [2.45, 2.75) is 75.4 Å². The summed E-state index contributed by atoms with van der Waals surface area (Å²) in [4.78, 5) is 22.1. The number of Topliss-reactive ketones (excluding diaryl/α,β-unsaturated/α-hetero) is 1. The molecule has 3 saturated heterocycles. The predicted molar refractivity (Wildman–Crippen MR) is 193 cm³/mol. The van der Waals surface area contributed by atoms with E-state index in [1.807, 2.05) is 42.5 Å². The summed E-state index contributed by atoms with van der Waals surface area (Å²) in [5, 5.41) is 1.15. The minimum Gasteiger partial charge on any atom is -0.296 e. The molecule has 3 aromatic rings. The van der Waals surface area contributed by atoms with Gasteiger partial charge in [-0.2, -0.15) is 0 Å². The first kappa shape index (κ1) is 36.2. The third kappa shape index (κ3) is 8.27. The van der Waals surface area contributed by atoms with E-state index in [0.717, 1.165) is 69.4 Å². The minimum absolute atomic E-state index is 0. The molecule has 0 amide bonds. The van der Waals surface area contributed by atoms with Gasteiger partial charge in [0.15, 0.2) is 5.78 Å². The summed E-state index contributed by atoms with van der Waals surface area (Å²) in [6.45, 7) is 6.25. The van der Waals surface area contributed by atoms with Crippen LogP contribution in [0.3, 0.4) is 0 Å². The summed E-state index contributed by atoms with van der Waals surface area (Å²) in [5.41, 5.74) is 3.47. The highest BCUT2D eigenvalue weighted by atomic mass is 35.5. The van der Waals surface area contributed by atoms with Gasteiger partial charge in [0.2, 0.25) is 0 Å². The smallest absolute Gasteiger partial charge is 0.180 e. The second-order valence-corrected chi connectivity index (χ2v) is 13.6. The summed E-state index contributed by atoms with van der Waals surface area (Å²) >= 11 is 13.0. The Bertz CT molecular complexity index is 1340. The van der Waals surface area contributed by atoms with Crippen LogP contribution < -0.4 is 0 Å². The third-order valence-corrected chi connectivity index (χ3v) is 11.0. The zero-order valence-electron chi connectivity index (χ0n) is 26.1. The van der Waals surface area contributed by atoms with Gasteiger partial charge in [-0.05, 0) is 94.4 Å². The molecule has 8 heteroatoms. The highest BCUT2D eigenvalue weighted by Gasteiger charge is 2.43. The summed E-state index contributed by atoms with van der Waals surface area (Å²) < 4.78 is 0. The molecule has 3 fully saturated rings. The number of hydrogen-bond acceptors (Lipinski definition) is 4. The molecule has 6 rings (SSSR count). The molecule has 0 N–H and O–H groups in total. The quantitative estimate of drug-likeness (QED) is 0.209. The van der Waals surface area contributed by atoms with Crippen molar-refractivity contribution in [1.82, 2.24) is 14.7 Å². The van der Waals surface area contributed by atoms with Crippen molar-refractivity contribution in [1.29, 1.82) is 0 Å². The monoisotopic (exact) mass is 689 g/mol. The van der Waals surface area contributed by atoms with Crippen LogP contribution in [0, 0.1) is 0 Å². The third-order valence-electron chi connectivity index (χ3n) is 10.3. The Labute approximate surface area is 292 Å². The van der Waals surface area contributed by atoms with Crippen molar-refractivity contribution in [3.05, 3.63) is 106 Å². The van der Waals surface area contributed by atoms with E-state index in [4.69, 9.17) is 23.2 Å². The van der Waals surface area contributed by atoms with Crippen LogP contribution in [0.5, 0.6) is 0 Å². The Hall–Kier alpha value is -1.63. The maximum absolute atomic E-state index is 14.2. The first-order valence-electron chi connectivity index (χ1n) is 16.4. The van der Waals surface area contributed by atoms with E-state index in [1.165, 1.54) is 44.3 Å². The molecule has 3 aliphatic rings. The number of ketones is 1. The Balaban J connectivity index is 0.00000230. The molecule has 244 valence electrons. The number of nitrogens with zero attached hydrogens (tertiary/aromatic N) is 3. The van der Waals surface area contributed by atoms with Crippen LogP contribution in [0.25, 0.3) is 0 Å². The lowest BCUT2D eigenvalue weighted by atomic mass is 9.77. The number of rotatable bonds is 9. The summed E-state index contributed by atoms with van der Waals surface area (Å²) in [6, 6.07) is 27.1. The molecule has 0 saturated carbocycles. The lowest BCUT2D eigenvalue weighted by Crippen LogP contribution is -2.55. The molecule has 0 spiro atoms. The topological polar surface area (TPSA) is 26.8 Å². The highest BCUT2D eigenvalue weighted by Crippen LogP contribution is 2.43. The normalized spacial score (nSPS) is 20.8. The van der Waals surface area contributed by atoms with Gasteiger partial charge in [0.25, 0.3) is 0 Å². The van der Waals surface area contributed by atoms with Crippen LogP contribution in [-0.4, -0.2) is 65.8 Å². The van der Waals surface area contributed by atoms with E-state index < -0.39 is 0 Å². The van der Waals surface area contributed by atoms with E-state index in [9.17, 15) is 4.79 Å². The second-order valence-electron chi connectivity index (χ2n) is 12.7. The van der Waals surface area contributed by atoms with Gasteiger partial charge in [-0.25, -0.2) is 0 Å². The number of carbonyl (C=O) groups excluding carboxylic acids is 1. The number of likely N-dealkylation sites (tertiary alicyclic amines) is 3. The average Bonchev–Trinajstić information content (AvgIpc) is 3.08. The van der Waals surface area contributed by atoms with Crippen molar-refractivity contribution in [3.8, 4) is 0 Å². The lowest BCUT2D eigenvalue weighted by Gasteiger charge is -2.52. The van der Waals surface area contributed by atoms with Crippen LogP contribution in [-0.2, 0) is 5.54 Å². The Morgan fingerprint density at radius 1 is 0.667 bits per heavy atom. The standard InChI is InChI=1S/C37H45Cl2N3O.2ClH/c38-32-18-17-30(27-33(32)39)34(28-35(40-21-9-3-10-22-40)36(43)29-13-5-1-6-14-29)41-25-19-37(20-26-41,31-15-7-2-8-16-31)42-23-11-4-12-24-42;;/h1-2,5-8,13-18,27,34-35H,3-4,9-12,19-26,28H2;2*1H. The first-order valence-corrected chi connectivity index (χ1v) is 17.1. The molecule has 0 bridgehead atoms. The number of carbonyl (C=O) groups is 1. The number of piperidine rings is 3. The zero-order valence-corrected chi connectivity index (χ0v) is 29.2. The van der Waals surface area contributed by atoms with Gasteiger partial charge >= 0.3 is 0 Å². The molecule has 4 nitrogen and oxygen atoms in total.